The molecule has 0 fully saturated rings. The Morgan fingerprint density at radius 3 is 1.82 bits per heavy atom. The number of hydrogen-bond donors (Lipinski definition) is 0. The van der Waals surface area contributed by atoms with E-state index in [9.17, 15) is 0 Å². The molecule has 0 atom stereocenters. The molecule has 5 aliphatic rings. The molecular formula is C64H53BN2. The van der Waals surface area contributed by atoms with Gasteiger partial charge in [-0.3, -0.25) is 0 Å². The summed E-state index contributed by atoms with van der Waals surface area (Å²) in [7, 11) is 0. The van der Waals surface area contributed by atoms with Gasteiger partial charge in [0.2, 0.25) is 0 Å². The predicted molar refractivity (Wildman–Crippen MR) is 282 cm³/mol. The summed E-state index contributed by atoms with van der Waals surface area (Å²) in [6.07, 6.45) is 2.35. The van der Waals surface area contributed by atoms with Gasteiger partial charge in [-0.15, -0.1) is 0 Å². The topological polar surface area (TPSA) is 6.48 Å². The van der Waals surface area contributed by atoms with Gasteiger partial charge in [0.25, 0.3) is 0 Å². The molecule has 3 heterocycles. The molecule has 0 radical (unpaired) electrons. The summed E-state index contributed by atoms with van der Waals surface area (Å²) in [5.74, 6) is 0. The standard InChI is InChI=1S/C64H53BN2/c1-61(2)34-35-62(3,4)54-37-43(32-33-50(54)61)67-57-39-53-46(45-26-15-16-27-49(45)63(53,5)6)38-47(57)48-36-40-20-13-14-25-44(40)59-58(48)65(67)55-30-19-29-52-60(55)66(59)56-31-18-17-28-51(56)64(52,41-21-9-7-10-22-41)42-23-11-8-12-24-42/h7-33,36-39H,34-35H2,1-6H3. The van der Waals surface area contributed by atoms with Crippen LogP contribution in [0.5, 0.6) is 0 Å². The Morgan fingerprint density at radius 1 is 0.418 bits per heavy atom. The zero-order valence-electron chi connectivity index (χ0n) is 39.3. The first-order valence-electron chi connectivity index (χ1n) is 24.4. The lowest BCUT2D eigenvalue weighted by atomic mass is 9.42. The fourth-order valence-corrected chi connectivity index (χ4v) is 13.8. The summed E-state index contributed by atoms with van der Waals surface area (Å²) < 4.78 is 0. The van der Waals surface area contributed by atoms with Crippen molar-refractivity contribution in [2.45, 2.75) is 76.0 Å². The SMILES string of the molecule is CC1(C)CCC(C)(C)c2cc(N3B4c5cccc6c5N(c5ccccc5C6(c5ccccc5)c5ccccc5)c5c4c(cc4ccccc54)-c4cc5c(cc43)C(C)(C)c3ccccc3-5)ccc21. The van der Waals surface area contributed by atoms with Crippen molar-refractivity contribution in [3.8, 4) is 22.3 Å². The van der Waals surface area contributed by atoms with E-state index in [1.165, 1.54) is 123 Å². The Kier molecular flexibility index (Phi) is 7.76. The van der Waals surface area contributed by atoms with E-state index in [4.69, 9.17) is 0 Å². The van der Waals surface area contributed by atoms with Crippen LogP contribution in [0.4, 0.5) is 28.4 Å². The zero-order valence-corrected chi connectivity index (χ0v) is 39.3. The Bertz CT molecular complexity index is 3540. The van der Waals surface area contributed by atoms with Gasteiger partial charge < -0.3 is 9.71 Å². The van der Waals surface area contributed by atoms with Crippen molar-refractivity contribution in [1.29, 1.82) is 0 Å². The van der Waals surface area contributed by atoms with Gasteiger partial charge in [0.15, 0.2) is 0 Å². The Hall–Kier alpha value is -7.10. The van der Waals surface area contributed by atoms with E-state index >= 15 is 0 Å². The summed E-state index contributed by atoms with van der Waals surface area (Å²) in [5, 5.41) is 2.53. The highest BCUT2D eigenvalue weighted by atomic mass is 15.2. The third-order valence-electron chi connectivity index (χ3n) is 17.1. The molecule has 9 aromatic carbocycles. The second kappa shape index (κ2) is 13.3. The quantitative estimate of drug-likeness (QED) is 0.163. The van der Waals surface area contributed by atoms with Crippen LogP contribution < -0.4 is 20.6 Å². The molecule has 0 amide bonds. The first-order valence-corrected chi connectivity index (χ1v) is 24.4. The van der Waals surface area contributed by atoms with E-state index in [1.54, 1.807) is 0 Å². The number of nitrogens with zero attached hydrogens (tertiary/aromatic N) is 2. The van der Waals surface area contributed by atoms with Gasteiger partial charge in [-0.2, -0.15) is 0 Å². The second-order valence-corrected chi connectivity index (χ2v) is 21.8. The highest BCUT2D eigenvalue weighted by Crippen LogP contribution is 2.61. The van der Waals surface area contributed by atoms with Crippen molar-refractivity contribution in [2.75, 3.05) is 9.71 Å². The van der Waals surface area contributed by atoms with Crippen LogP contribution in [0.3, 0.4) is 0 Å². The van der Waals surface area contributed by atoms with Crippen molar-refractivity contribution >= 4 is 57.0 Å². The first kappa shape index (κ1) is 39.1. The molecule has 14 rings (SSSR count). The van der Waals surface area contributed by atoms with Crippen molar-refractivity contribution < 1.29 is 0 Å². The van der Waals surface area contributed by atoms with E-state index in [-0.39, 0.29) is 23.1 Å². The van der Waals surface area contributed by atoms with E-state index in [1.807, 2.05) is 0 Å². The van der Waals surface area contributed by atoms with Gasteiger partial charge in [-0.1, -0.05) is 193 Å². The Labute approximate surface area is 395 Å². The van der Waals surface area contributed by atoms with Crippen LogP contribution >= 0.6 is 0 Å². The highest BCUT2D eigenvalue weighted by molar-refractivity contribution is 6.94. The Morgan fingerprint density at radius 2 is 1.06 bits per heavy atom. The summed E-state index contributed by atoms with van der Waals surface area (Å²) >= 11 is 0. The van der Waals surface area contributed by atoms with E-state index in [2.05, 4.69) is 239 Å². The molecule has 0 bridgehead atoms. The minimum atomic E-state index is -0.582. The lowest BCUT2D eigenvalue weighted by Gasteiger charge is -2.52. The van der Waals surface area contributed by atoms with Gasteiger partial charge in [-0.25, -0.2) is 0 Å². The van der Waals surface area contributed by atoms with Gasteiger partial charge in [0, 0.05) is 33.4 Å². The van der Waals surface area contributed by atoms with Crippen molar-refractivity contribution in [2.24, 2.45) is 0 Å². The molecule has 0 saturated carbocycles. The van der Waals surface area contributed by atoms with Gasteiger partial charge >= 0.3 is 6.85 Å². The average molecular weight is 861 g/mol. The summed E-state index contributed by atoms with van der Waals surface area (Å²) in [6, 6.07) is 72.7. The largest absolute Gasteiger partial charge is 0.376 e. The summed E-state index contributed by atoms with van der Waals surface area (Å²) in [6.45, 7) is 14.6. The molecule has 67 heavy (non-hydrogen) atoms. The van der Waals surface area contributed by atoms with Crippen molar-refractivity contribution in [3.63, 3.8) is 0 Å². The summed E-state index contributed by atoms with van der Waals surface area (Å²) in [4.78, 5) is 5.47. The molecule has 0 N–H and O–H groups in total. The zero-order chi connectivity index (χ0) is 45.2. The van der Waals surface area contributed by atoms with Crippen LogP contribution in [0.15, 0.2) is 188 Å². The third kappa shape index (κ3) is 4.97. The molecule has 0 saturated heterocycles. The van der Waals surface area contributed by atoms with Crippen LogP contribution in [0.2, 0.25) is 0 Å². The highest BCUT2D eigenvalue weighted by Gasteiger charge is 2.54. The number of hydrogen-bond acceptors (Lipinski definition) is 2. The molecule has 3 heteroatoms. The van der Waals surface area contributed by atoms with Crippen LogP contribution in [0, 0.1) is 0 Å². The molecule has 0 spiro atoms. The molecule has 322 valence electrons. The molecular weight excluding hydrogens is 808 g/mol. The first-order chi connectivity index (χ1) is 32.5. The van der Waals surface area contributed by atoms with Gasteiger partial charge in [0.1, 0.15) is 0 Å². The molecule has 9 aromatic rings. The van der Waals surface area contributed by atoms with Crippen LogP contribution in [0.1, 0.15) is 98.9 Å². The third-order valence-corrected chi connectivity index (χ3v) is 17.1. The lowest BCUT2D eigenvalue weighted by molar-refractivity contribution is 0.332. The number of para-hydroxylation sites is 2. The lowest BCUT2D eigenvalue weighted by Crippen LogP contribution is -2.63. The van der Waals surface area contributed by atoms with Crippen molar-refractivity contribution in [3.05, 3.63) is 233 Å². The molecule has 2 aliphatic carbocycles. The van der Waals surface area contributed by atoms with Crippen molar-refractivity contribution in [1.82, 2.24) is 0 Å². The van der Waals surface area contributed by atoms with Gasteiger partial charge in [0.05, 0.1) is 16.8 Å². The van der Waals surface area contributed by atoms with E-state index < -0.39 is 5.41 Å². The number of fused-ring (bicyclic) bond motifs is 12. The minimum absolute atomic E-state index is 0.0459. The number of rotatable bonds is 3. The van der Waals surface area contributed by atoms with E-state index in [0.717, 1.165) is 6.42 Å². The maximum atomic E-state index is 2.79. The fourth-order valence-electron chi connectivity index (χ4n) is 13.8. The molecule has 3 aliphatic heterocycles. The molecule has 2 nitrogen and oxygen atoms in total. The van der Waals surface area contributed by atoms with Crippen LogP contribution in [-0.4, -0.2) is 6.85 Å². The smallest absolute Gasteiger partial charge is 0.333 e. The Balaban J connectivity index is 1.16. The monoisotopic (exact) mass is 860 g/mol. The minimum Gasteiger partial charge on any atom is -0.376 e. The van der Waals surface area contributed by atoms with E-state index in [0.29, 0.717) is 0 Å². The van der Waals surface area contributed by atoms with Gasteiger partial charge in [-0.05, 0) is 138 Å². The van der Waals surface area contributed by atoms with Crippen LogP contribution in [-0.2, 0) is 21.7 Å². The maximum absolute atomic E-state index is 2.79. The van der Waals surface area contributed by atoms with Crippen LogP contribution in [0.25, 0.3) is 33.0 Å². The molecule has 0 aromatic heterocycles. The maximum Gasteiger partial charge on any atom is 0.333 e. The summed E-state index contributed by atoms with van der Waals surface area (Å²) in [5.41, 5.74) is 24.7. The predicted octanol–water partition coefficient (Wildman–Crippen LogP) is 14.9. The number of benzene rings is 9. The second-order valence-electron chi connectivity index (χ2n) is 21.8. The normalized spacial score (nSPS) is 17.7. The molecule has 0 unspecified atom stereocenters. The fraction of sp³-hybridized carbons (Fsp3) is 0.188. The number of anilines is 5. The average Bonchev–Trinajstić information content (AvgIpc) is 3.58.